The first-order chi connectivity index (χ1) is 16.2. The molecule has 33 heavy (non-hydrogen) atoms. The van der Waals surface area contributed by atoms with Crippen LogP contribution in [0.2, 0.25) is 0 Å². The first-order valence-electron chi connectivity index (χ1n) is 11.7. The second-order valence-corrected chi connectivity index (χ2v) is 8.67. The van der Waals surface area contributed by atoms with E-state index in [4.69, 9.17) is 0 Å². The van der Waals surface area contributed by atoms with Crippen molar-refractivity contribution in [1.29, 1.82) is 0 Å². The molecular weight excluding hydrogens is 419 g/mol. The fraction of sp³-hybridized carbons (Fsp3) is 0.400. The lowest BCUT2D eigenvalue weighted by molar-refractivity contribution is 0.0945. The normalized spacial score (nSPS) is 17.0. The summed E-state index contributed by atoms with van der Waals surface area (Å²) in [6.45, 7) is 6.87. The lowest BCUT2D eigenvalue weighted by atomic mass is 10.1. The van der Waals surface area contributed by atoms with E-state index in [2.05, 4.69) is 30.2 Å². The van der Waals surface area contributed by atoms with Gasteiger partial charge < -0.3 is 20.0 Å². The quantitative estimate of drug-likeness (QED) is 0.626. The third-order valence-corrected chi connectivity index (χ3v) is 6.57. The van der Waals surface area contributed by atoms with Crippen LogP contribution in [0.1, 0.15) is 23.3 Å². The number of hydrogen-bond acceptors (Lipinski definition) is 6. The molecule has 2 aromatic carbocycles. The molecule has 8 heteroatoms. The lowest BCUT2D eigenvalue weighted by Gasteiger charge is -2.37. The predicted octanol–water partition coefficient (Wildman–Crippen LogP) is 2.92. The maximum Gasteiger partial charge on any atom is 0.272 e. The highest BCUT2D eigenvalue weighted by Crippen LogP contribution is 2.27. The summed E-state index contributed by atoms with van der Waals surface area (Å²) >= 11 is 0. The number of halogens is 1. The number of carbonyl (C=O) groups excluding carboxylic acids is 1. The summed E-state index contributed by atoms with van der Waals surface area (Å²) in [6, 6.07) is 14.5. The molecule has 2 fully saturated rings. The van der Waals surface area contributed by atoms with E-state index < -0.39 is 0 Å². The van der Waals surface area contributed by atoms with Crippen molar-refractivity contribution in [2.45, 2.75) is 12.8 Å². The Morgan fingerprint density at radius 2 is 1.52 bits per heavy atom. The van der Waals surface area contributed by atoms with Crippen LogP contribution in [-0.4, -0.2) is 73.4 Å². The van der Waals surface area contributed by atoms with Gasteiger partial charge in [0.2, 0.25) is 0 Å². The molecule has 2 aliphatic heterocycles. The van der Waals surface area contributed by atoms with Gasteiger partial charge in [-0.15, -0.1) is 10.2 Å². The molecule has 0 spiro atoms. The third-order valence-electron chi connectivity index (χ3n) is 6.57. The molecule has 172 valence electrons. The maximum atomic E-state index is 13.2. The molecule has 0 radical (unpaired) electrons. The van der Waals surface area contributed by atoms with E-state index >= 15 is 0 Å². The predicted molar refractivity (Wildman–Crippen MR) is 128 cm³/mol. The summed E-state index contributed by atoms with van der Waals surface area (Å²) in [6.07, 6.45) is 2.48. The van der Waals surface area contributed by atoms with Gasteiger partial charge in [-0.1, -0.05) is 24.3 Å². The first-order valence-corrected chi connectivity index (χ1v) is 11.7. The molecule has 0 bridgehead atoms. The van der Waals surface area contributed by atoms with Crippen LogP contribution in [0.15, 0.2) is 48.5 Å². The molecule has 2 saturated heterocycles. The third kappa shape index (κ3) is 4.75. The molecule has 1 aromatic heterocycles. The number of benzene rings is 2. The number of piperazine rings is 1. The van der Waals surface area contributed by atoms with Crippen LogP contribution >= 0.6 is 0 Å². The van der Waals surface area contributed by atoms with E-state index in [0.717, 1.165) is 68.1 Å². The molecule has 0 atom stereocenters. The molecule has 0 saturated carbocycles. The monoisotopic (exact) mass is 448 g/mol. The smallest absolute Gasteiger partial charge is 0.272 e. The summed E-state index contributed by atoms with van der Waals surface area (Å²) in [5, 5.41) is 13.6. The Morgan fingerprint density at radius 1 is 0.848 bits per heavy atom. The second kappa shape index (κ2) is 9.70. The highest BCUT2D eigenvalue weighted by atomic mass is 19.1. The Morgan fingerprint density at radius 3 is 2.24 bits per heavy atom. The van der Waals surface area contributed by atoms with Crippen molar-refractivity contribution < 1.29 is 9.18 Å². The maximum absolute atomic E-state index is 13.2. The molecule has 5 rings (SSSR count). The number of fused-ring (bicyclic) bond motifs is 1. The SMILES string of the molecule is O=C(NCCN1CCCC1)c1nnc(N2CCN(c3ccc(F)cc3)CC2)c2ccccc12. The number of nitrogens with one attached hydrogen (secondary N) is 1. The Balaban J connectivity index is 1.28. The van der Waals surface area contributed by atoms with Crippen LogP contribution in [0.5, 0.6) is 0 Å². The van der Waals surface area contributed by atoms with Crippen LogP contribution in [0.4, 0.5) is 15.9 Å². The van der Waals surface area contributed by atoms with E-state index in [1.54, 1.807) is 0 Å². The van der Waals surface area contributed by atoms with E-state index in [0.29, 0.717) is 12.2 Å². The summed E-state index contributed by atoms with van der Waals surface area (Å²) in [5.41, 5.74) is 1.40. The average Bonchev–Trinajstić information content (AvgIpc) is 3.37. The van der Waals surface area contributed by atoms with Crippen LogP contribution in [0, 0.1) is 5.82 Å². The minimum absolute atomic E-state index is 0.175. The van der Waals surface area contributed by atoms with Crippen molar-refractivity contribution in [1.82, 2.24) is 20.4 Å². The summed E-state index contributed by atoms with van der Waals surface area (Å²) in [5.74, 6) is 0.405. The molecule has 1 amide bonds. The zero-order chi connectivity index (χ0) is 22.6. The minimum atomic E-state index is -0.223. The van der Waals surface area contributed by atoms with Crippen LogP contribution in [0.25, 0.3) is 10.8 Å². The van der Waals surface area contributed by atoms with E-state index in [9.17, 15) is 9.18 Å². The van der Waals surface area contributed by atoms with Crippen LogP contribution in [0.3, 0.4) is 0 Å². The molecular formula is C25H29FN6O. The molecule has 2 aliphatic rings. The molecule has 7 nitrogen and oxygen atoms in total. The molecule has 0 unspecified atom stereocenters. The largest absolute Gasteiger partial charge is 0.368 e. The van der Waals surface area contributed by atoms with E-state index in [-0.39, 0.29) is 11.7 Å². The number of rotatable bonds is 6. The first kappa shape index (κ1) is 21.6. The average molecular weight is 449 g/mol. The summed E-state index contributed by atoms with van der Waals surface area (Å²) in [7, 11) is 0. The highest BCUT2D eigenvalue weighted by Gasteiger charge is 2.23. The van der Waals surface area contributed by atoms with Gasteiger partial charge >= 0.3 is 0 Å². The fourth-order valence-corrected chi connectivity index (χ4v) is 4.74. The minimum Gasteiger partial charge on any atom is -0.368 e. The number of anilines is 2. The van der Waals surface area contributed by atoms with Gasteiger partial charge in [0.25, 0.3) is 5.91 Å². The molecule has 1 N–H and O–H groups in total. The van der Waals surface area contributed by atoms with Crippen molar-refractivity contribution in [3.05, 3.63) is 60.0 Å². The van der Waals surface area contributed by atoms with Crippen molar-refractivity contribution in [3.63, 3.8) is 0 Å². The van der Waals surface area contributed by atoms with Gasteiger partial charge in [0.05, 0.1) is 0 Å². The Kier molecular flexibility index (Phi) is 6.35. The Hall–Kier alpha value is -3.26. The van der Waals surface area contributed by atoms with Gasteiger partial charge in [-0.3, -0.25) is 4.79 Å². The standard InChI is InChI=1S/C25H29FN6O/c26-19-7-9-20(10-8-19)31-15-17-32(18-16-31)24-22-6-2-1-5-21(22)23(28-29-24)25(33)27-11-14-30-12-3-4-13-30/h1-2,5-10H,3-4,11-18H2,(H,27,33). The van der Waals surface area contributed by atoms with Crippen LogP contribution in [-0.2, 0) is 0 Å². The van der Waals surface area contributed by atoms with Crippen molar-refractivity contribution in [2.24, 2.45) is 0 Å². The van der Waals surface area contributed by atoms with Gasteiger partial charge in [0.1, 0.15) is 5.82 Å². The van der Waals surface area contributed by atoms with Crippen molar-refractivity contribution in [2.75, 3.05) is 62.2 Å². The number of likely N-dealkylation sites (tertiary alicyclic amines) is 1. The number of amides is 1. The molecule has 3 heterocycles. The van der Waals surface area contributed by atoms with Gasteiger partial charge in [0, 0.05) is 55.7 Å². The number of nitrogens with zero attached hydrogens (tertiary/aromatic N) is 5. The topological polar surface area (TPSA) is 64.6 Å². The lowest BCUT2D eigenvalue weighted by Crippen LogP contribution is -2.47. The van der Waals surface area contributed by atoms with E-state index in [1.165, 1.54) is 25.0 Å². The second-order valence-electron chi connectivity index (χ2n) is 8.67. The number of aromatic nitrogens is 2. The molecule has 3 aromatic rings. The number of hydrogen-bond donors (Lipinski definition) is 1. The van der Waals surface area contributed by atoms with Crippen molar-refractivity contribution in [3.8, 4) is 0 Å². The Bertz CT molecular complexity index is 1110. The van der Waals surface area contributed by atoms with Gasteiger partial charge in [0.15, 0.2) is 11.5 Å². The Labute approximate surface area is 193 Å². The number of carbonyl (C=O) groups is 1. The summed E-state index contributed by atoms with van der Waals surface area (Å²) in [4.78, 5) is 19.7. The van der Waals surface area contributed by atoms with Gasteiger partial charge in [-0.2, -0.15) is 0 Å². The zero-order valence-corrected chi connectivity index (χ0v) is 18.7. The van der Waals surface area contributed by atoms with E-state index in [1.807, 2.05) is 36.4 Å². The van der Waals surface area contributed by atoms with Gasteiger partial charge in [-0.05, 0) is 50.2 Å². The zero-order valence-electron chi connectivity index (χ0n) is 18.7. The van der Waals surface area contributed by atoms with Crippen LogP contribution < -0.4 is 15.1 Å². The van der Waals surface area contributed by atoms with Crippen molar-refractivity contribution >= 4 is 28.2 Å². The summed E-state index contributed by atoms with van der Waals surface area (Å²) < 4.78 is 13.2. The molecule has 0 aliphatic carbocycles. The highest BCUT2D eigenvalue weighted by molar-refractivity contribution is 6.07. The van der Waals surface area contributed by atoms with Gasteiger partial charge in [-0.25, -0.2) is 4.39 Å². The fourth-order valence-electron chi connectivity index (χ4n) is 4.74.